The van der Waals surface area contributed by atoms with Crippen LogP contribution in [0.5, 0.6) is 0 Å². The number of nitrogens with zero attached hydrogens (tertiary/aromatic N) is 3. The van der Waals surface area contributed by atoms with Gasteiger partial charge in [-0.05, 0) is 57.3 Å². The van der Waals surface area contributed by atoms with Crippen LogP contribution in [0.3, 0.4) is 0 Å². The summed E-state index contributed by atoms with van der Waals surface area (Å²) in [6.45, 7) is 5.35. The first-order chi connectivity index (χ1) is 15.8. The molecular weight excluding hydrogens is 466 g/mol. The number of carbonyl (C=O) groups is 2. The molecule has 0 saturated heterocycles. The van der Waals surface area contributed by atoms with Crippen LogP contribution in [-0.2, 0) is 0 Å². The standard InChI is InChI=1S/C27H27N3O2S.ClH/c1-18-16-19(2)24-23(17-18)33-27(28-24)30(15-14-29(3)4)26(32)22-12-10-21(11-13-22)25(31)20-8-6-5-7-9-20;/h5-13,16-17H,14-15H2,1-4H3;1H. The van der Waals surface area contributed by atoms with Crippen molar-refractivity contribution < 1.29 is 9.59 Å². The van der Waals surface area contributed by atoms with Gasteiger partial charge in [0.1, 0.15) is 0 Å². The number of amides is 1. The van der Waals surface area contributed by atoms with Crippen LogP contribution in [0.25, 0.3) is 10.2 Å². The van der Waals surface area contributed by atoms with Gasteiger partial charge in [-0.1, -0.05) is 59.9 Å². The molecule has 0 atom stereocenters. The number of hydrogen-bond acceptors (Lipinski definition) is 5. The average Bonchev–Trinajstić information content (AvgIpc) is 3.23. The van der Waals surface area contributed by atoms with Crippen LogP contribution >= 0.6 is 23.7 Å². The number of thiazole rings is 1. The van der Waals surface area contributed by atoms with E-state index in [2.05, 4.69) is 19.1 Å². The van der Waals surface area contributed by atoms with E-state index in [1.807, 2.05) is 44.1 Å². The Morgan fingerprint density at radius 1 is 0.853 bits per heavy atom. The van der Waals surface area contributed by atoms with Crippen molar-refractivity contribution in [1.29, 1.82) is 0 Å². The predicted molar refractivity (Wildman–Crippen MR) is 143 cm³/mol. The van der Waals surface area contributed by atoms with Crippen molar-refractivity contribution in [3.05, 3.63) is 94.5 Å². The average molecular weight is 494 g/mol. The van der Waals surface area contributed by atoms with Gasteiger partial charge in [0.05, 0.1) is 10.2 Å². The van der Waals surface area contributed by atoms with Crippen LogP contribution in [0, 0.1) is 13.8 Å². The summed E-state index contributed by atoms with van der Waals surface area (Å²) in [6.07, 6.45) is 0. The largest absolute Gasteiger partial charge is 0.308 e. The lowest BCUT2D eigenvalue weighted by Crippen LogP contribution is -2.36. The number of fused-ring (bicyclic) bond motifs is 1. The third kappa shape index (κ3) is 5.53. The minimum atomic E-state index is -0.121. The molecule has 0 spiro atoms. The van der Waals surface area contributed by atoms with Crippen molar-refractivity contribution in [3.63, 3.8) is 0 Å². The molecule has 176 valence electrons. The smallest absolute Gasteiger partial charge is 0.260 e. The molecule has 0 aliphatic heterocycles. The van der Waals surface area contributed by atoms with E-state index >= 15 is 0 Å². The third-order valence-electron chi connectivity index (χ3n) is 5.50. The molecule has 0 unspecified atom stereocenters. The van der Waals surface area contributed by atoms with Gasteiger partial charge < -0.3 is 4.90 Å². The molecule has 0 bridgehead atoms. The van der Waals surface area contributed by atoms with Crippen LogP contribution in [0.15, 0.2) is 66.7 Å². The van der Waals surface area contributed by atoms with E-state index in [-0.39, 0.29) is 24.1 Å². The molecule has 0 fully saturated rings. The summed E-state index contributed by atoms with van der Waals surface area (Å²) in [7, 11) is 3.97. The number of hydrogen-bond donors (Lipinski definition) is 0. The topological polar surface area (TPSA) is 53.5 Å². The Balaban J connectivity index is 0.00000324. The lowest BCUT2D eigenvalue weighted by Gasteiger charge is -2.22. The minimum Gasteiger partial charge on any atom is -0.308 e. The number of likely N-dealkylation sites (N-methyl/N-ethyl adjacent to an activating group) is 1. The Morgan fingerprint density at radius 3 is 2.12 bits per heavy atom. The van der Waals surface area contributed by atoms with E-state index < -0.39 is 0 Å². The Morgan fingerprint density at radius 2 is 1.47 bits per heavy atom. The number of halogens is 1. The summed E-state index contributed by atoms with van der Waals surface area (Å²) in [5.74, 6) is -0.180. The van der Waals surface area contributed by atoms with Crippen molar-refractivity contribution >= 4 is 50.8 Å². The first kappa shape index (κ1) is 25.6. The SMILES string of the molecule is Cc1cc(C)c2nc(N(CCN(C)C)C(=O)c3ccc(C(=O)c4ccccc4)cc3)sc2c1.Cl. The molecule has 1 aromatic heterocycles. The molecule has 3 aromatic carbocycles. The lowest BCUT2D eigenvalue weighted by atomic mass is 10.0. The second-order valence-corrected chi connectivity index (χ2v) is 9.47. The molecule has 1 amide bonds. The molecule has 0 N–H and O–H groups in total. The maximum atomic E-state index is 13.5. The zero-order valence-corrected chi connectivity index (χ0v) is 21.4. The highest BCUT2D eigenvalue weighted by atomic mass is 35.5. The van der Waals surface area contributed by atoms with Crippen LogP contribution in [0.4, 0.5) is 5.13 Å². The zero-order chi connectivity index (χ0) is 23.5. The van der Waals surface area contributed by atoms with E-state index in [0.29, 0.717) is 34.9 Å². The fourth-order valence-corrected chi connectivity index (χ4v) is 4.90. The van der Waals surface area contributed by atoms with Crippen LogP contribution < -0.4 is 4.90 Å². The van der Waals surface area contributed by atoms with Crippen molar-refractivity contribution in [3.8, 4) is 0 Å². The minimum absolute atomic E-state index is 0. The normalized spacial score (nSPS) is 10.9. The Bertz CT molecular complexity index is 1300. The highest BCUT2D eigenvalue weighted by Crippen LogP contribution is 2.32. The number of carbonyl (C=O) groups excluding carboxylic acids is 2. The van der Waals surface area contributed by atoms with Gasteiger partial charge in [-0.2, -0.15) is 0 Å². The van der Waals surface area contributed by atoms with E-state index in [1.165, 1.54) is 16.9 Å². The second-order valence-electron chi connectivity index (χ2n) is 8.46. The van der Waals surface area contributed by atoms with Crippen molar-refractivity contribution in [2.45, 2.75) is 13.8 Å². The highest BCUT2D eigenvalue weighted by Gasteiger charge is 2.22. The molecule has 0 radical (unpaired) electrons. The third-order valence-corrected chi connectivity index (χ3v) is 6.52. The maximum Gasteiger partial charge on any atom is 0.260 e. The van der Waals surface area contributed by atoms with Gasteiger partial charge in [0.2, 0.25) is 0 Å². The van der Waals surface area contributed by atoms with Crippen LogP contribution in [-0.4, -0.2) is 48.8 Å². The molecule has 4 aromatic rings. The second kappa shape index (κ2) is 10.9. The van der Waals surface area contributed by atoms with Gasteiger partial charge in [-0.15, -0.1) is 12.4 Å². The monoisotopic (exact) mass is 493 g/mol. The molecular formula is C27H28ClN3O2S. The number of ketones is 1. The highest BCUT2D eigenvalue weighted by molar-refractivity contribution is 7.22. The van der Waals surface area contributed by atoms with Crippen LogP contribution in [0.2, 0.25) is 0 Å². The number of anilines is 1. The quantitative estimate of drug-likeness (QED) is 0.306. The van der Waals surface area contributed by atoms with Gasteiger partial charge in [0, 0.05) is 29.8 Å². The summed E-state index contributed by atoms with van der Waals surface area (Å²) < 4.78 is 1.08. The summed E-state index contributed by atoms with van der Waals surface area (Å²) in [5, 5.41) is 0.690. The van der Waals surface area contributed by atoms with Crippen molar-refractivity contribution in [2.24, 2.45) is 0 Å². The fourth-order valence-electron chi connectivity index (χ4n) is 3.73. The van der Waals surface area contributed by atoms with Gasteiger partial charge in [0.25, 0.3) is 5.91 Å². The van der Waals surface area contributed by atoms with Gasteiger partial charge in [-0.3, -0.25) is 14.5 Å². The molecule has 5 nitrogen and oxygen atoms in total. The van der Waals surface area contributed by atoms with Crippen LogP contribution in [0.1, 0.15) is 37.4 Å². The zero-order valence-electron chi connectivity index (χ0n) is 19.7. The van der Waals surface area contributed by atoms with E-state index in [4.69, 9.17) is 4.98 Å². The number of rotatable bonds is 7. The predicted octanol–water partition coefficient (Wildman–Crippen LogP) is 5.77. The number of aryl methyl sites for hydroxylation is 2. The van der Waals surface area contributed by atoms with Gasteiger partial charge >= 0.3 is 0 Å². The molecule has 0 saturated carbocycles. The summed E-state index contributed by atoms with van der Waals surface area (Å²) in [4.78, 5) is 34.8. The fraction of sp³-hybridized carbons (Fsp3) is 0.222. The first-order valence-electron chi connectivity index (χ1n) is 10.9. The van der Waals surface area contributed by atoms with Crippen molar-refractivity contribution in [1.82, 2.24) is 9.88 Å². The Hall–Kier alpha value is -3.06. The molecule has 34 heavy (non-hydrogen) atoms. The summed E-state index contributed by atoms with van der Waals surface area (Å²) in [5.41, 5.74) is 4.95. The molecule has 0 aliphatic carbocycles. The molecule has 4 rings (SSSR count). The Labute approximate surface area is 210 Å². The first-order valence-corrected chi connectivity index (χ1v) is 11.7. The summed E-state index contributed by atoms with van der Waals surface area (Å²) >= 11 is 1.54. The maximum absolute atomic E-state index is 13.5. The van der Waals surface area contributed by atoms with E-state index in [1.54, 1.807) is 41.3 Å². The number of benzene rings is 3. The Kier molecular flexibility index (Phi) is 8.20. The van der Waals surface area contributed by atoms with Gasteiger partial charge in [0.15, 0.2) is 10.9 Å². The lowest BCUT2D eigenvalue weighted by molar-refractivity contribution is 0.0982. The van der Waals surface area contributed by atoms with E-state index in [9.17, 15) is 9.59 Å². The number of aromatic nitrogens is 1. The van der Waals surface area contributed by atoms with E-state index in [0.717, 1.165) is 15.8 Å². The summed E-state index contributed by atoms with van der Waals surface area (Å²) in [6, 6.07) is 20.3. The van der Waals surface area contributed by atoms with Gasteiger partial charge in [-0.25, -0.2) is 4.98 Å². The molecule has 1 heterocycles. The molecule has 7 heteroatoms. The van der Waals surface area contributed by atoms with Crippen molar-refractivity contribution in [2.75, 3.05) is 32.1 Å². The molecule has 0 aliphatic rings.